The lowest BCUT2D eigenvalue weighted by atomic mass is 9.79. The molecular formula is C14H23NO. The van der Waals surface area contributed by atoms with Gasteiger partial charge in [-0.2, -0.15) is 0 Å². The molecule has 0 saturated carbocycles. The van der Waals surface area contributed by atoms with Crippen LogP contribution >= 0.6 is 0 Å². The predicted molar refractivity (Wildman–Crippen MR) is 68.1 cm³/mol. The molecule has 1 amide bonds. The molecule has 0 N–H and O–H groups in total. The molecule has 0 unspecified atom stereocenters. The molecule has 1 aliphatic heterocycles. The van der Waals surface area contributed by atoms with E-state index in [1.54, 1.807) is 0 Å². The normalized spacial score (nSPS) is 19.2. The van der Waals surface area contributed by atoms with Gasteiger partial charge < -0.3 is 4.90 Å². The summed E-state index contributed by atoms with van der Waals surface area (Å²) in [6.45, 7) is 13.6. The Morgan fingerprint density at radius 3 is 2.38 bits per heavy atom. The molecule has 0 aromatic heterocycles. The third kappa shape index (κ3) is 2.55. The fraction of sp³-hybridized carbons (Fsp3) is 0.643. The van der Waals surface area contributed by atoms with Crippen molar-refractivity contribution in [3.8, 4) is 0 Å². The maximum atomic E-state index is 12.4. The van der Waals surface area contributed by atoms with E-state index in [1.807, 2.05) is 17.1 Å². The van der Waals surface area contributed by atoms with Gasteiger partial charge in [-0.3, -0.25) is 4.79 Å². The Balaban J connectivity index is 2.78. The van der Waals surface area contributed by atoms with E-state index in [1.165, 1.54) is 0 Å². The number of amides is 1. The van der Waals surface area contributed by atoms with Gasteiger partial charge in [0.05, 0.1) is 5.41 Å². The first-order valence-electron chi connectivity index (χ1n) is 6.07. The summed E-state index contributed by atoms with van der Waals surface area (Å²) in [6, 6.07) is 0. The monoisotopic (exact) mass is 221 g/mol. The second-order valence-corrected chi connectivity index (χ2v) is 5.16. The molecule has 0 aliphatic carbocycles. The average molecular weight is 221 g/mol. The van der Waals surface area contributed by atoms with Crippen LogP contribution in [0.4, 0.5) is 0 Å². The average Bonchev–Trinajstić information content (AvgIpc) is 2.48. The number of likely N-dealkylation sites (tertiary alicyclic amines) is 1. The van der Waals surface area contributed by atoms with E-state index in [2.05, 4.69) is 27.0 Å². The van der Waals surface area contributed by atoms with E-state index < -0.39 is 0 Å². The number of allylic oxidation sites excluding steroid dienone is 2. The van der Waals surface area contributed by atoms with Crippen molar-refractivity contribution in [1.82, 2.24) is 4.90 Å². The van der Waals surface area contributed by atoms with Gasteiger partial charge in [0.2, 0.25) is 5.91 Å². The molecule has 0 aromatic rings. The summed E-state index contributed by atoms with van der Waals surface area (Å²) in [7, 11) is 0. The lowest BCUT2D eigenvalue weighted by Crippen LogP contribution is -2.36. The number of nitrogens with zero attached hydrogens (tertiary/aromatic N) is 1. The van der Waals surface area contributed by atoms with Gasteiger partial charge in [0.15, 0.2) is 0 Å². The highest BCUT2D eigenvalue weighted by molar-refractivity contribution is 5.85. The Morgan fingerprint density at radius 2 is 1.94 bits per heavy atom. The molecule has 0 bridgehead atoms. The Bertz CT molecular complexity index is 270. The van der Waals surface area contributed by atoms with Crippen molar-refractivity contribution in [2.75, 3.05) is 13.1 Å². The fourth-order valence-corrected chi connectivity index (χ4v) is 2.52. The standard InChI is InChI=1S/C14H23NO/c1-5-7-14(8-6-2)9-10-15(13(14)16)11-12(3)4/h5-6,12H,1-2,7-11H2,3-4H3. The van der Waals surface area contributed by atoms with E-state index in [-0.39, 0.29) is 5.41 Å². The van der Waals surface area contributed by atoms with Crippen LogP contribution in [-0.4, -0.2) is 23.9 Å². The first kappa shape index (κ1) is 13.0. The largest absolute Gasteiger partial charge is 0.342 e. The van der Waals surface area contributed by atoms with Crippen LogP contribution in [0.5, 0.6) is 0 Å². The first-order valence-corrected chi connectivity index (χ1v) is 6.07. The number of hydrogen-bond acceptors (Lipinski definition) is 1. The minimum absolute atomic E-state index is 0.238. The third-order valence-electron chi connectivity index (χ3n) is 3.26. The van der Waals surface area contributed by atoms with Gasteiger partial charge in [0.25, 0.3) is 0 Å². The van der Waals surface area contributed by atoms with Gasteiger partial charge >= 0.3 is 0 Å². The zero-order valence-corrected chi connectivity index (χ0v) is 10.5. The highest BCUT2D eigenvalue weighted by atomic mass is 16.2. The molecule has 16 heavy (non-hydrogen) atoms. The van der Waals surface area contributed by atoms with Crippen LogP contribution in [0.25, 0.3) is 0 Å². The summed E-state index contributed by atoms with van der Waals surface area (Å²) in [4.78, 5) is 14.4. The van der Waals surface area contributed by atoms with Crippen LogP contribution in [0.15, 0.2) is 25.3 Å². The fourth-order valence-electron chi connectivity index (χ4n) is 2.52. The smallest absolute Gasteiger partial charge is 0.229 e. The van der Waals surface area contributed by atoms with E-state index in [0.717, 1.165) is 32.4 Å². The highest BCUT2D eigenvalue weighted by Gasteiger charge is 2.44. The van der Waals surface area contributed by atoms with Crippen LogP contribution in [0.3, 0.4) is 0 Å². The Hall–Kier alpha value is -1.05. The molecule has 1 aliphatic rings. The van der Waals surface area contributed by atoms with Crippen molar-refractivity contribution in [2.24, 2.45) is 11.3 Å². The van der Waals surface area contributed by atoms with Gasteiger partial charge in [-0.25, -0.2) is 0 Å². The maximum absolute atomic E-state index is 12.4. The molecule has 0 spiro atoms. The molecule has 1 heterocycles. The van der Waals surface area contributed by atoms with Gasteiger partial charge in [-0.05, 0) is 25.2 Å². The molecule has 1 saturated heterocycles. The molecule has 0 atom stereocenters. The van der Waals surface area contributed by atoms with Crippen LogP contribution in [0.1, 0.15) is 33.1 Å². The Labute approximate surface area is 99.0 Å². The van der Waals surface area contributed by atoms with E-state index in [9.17, 15) is 4.79 Å². The second kappa shape index (κ2) is 5.33. The van der Waals surface area contributed by atoms with Crippen LogP contribution < -0.4 is 0 Å². The number of rotatable bonds is 6. The van der Waals surface area contributed by atoms with E-state index in [0.29, 0.717) is 11.8 Å². The highest BCUT2D eigenvalue weighted by Crippen LogP contribution is 2.39. The van der Waals surface area contributed by atoms with Gasteiger partial charge in [-0.15, -0.1) is 13.2 Å². The summed E-state index contributed by atoms with van der Waals surface area (Å²) < 4.78 is 0. The summed E-state index contributed by atoms with van der Waals surface area (Å²) in [5.74, 6) is 0.827. The van der Waals surface area contributed by atoms with Crippen molar-refractivity contribution < 1.29 is 4.79 Å². The molecular weight excluding hydrogens is 198 g/mol. The molecule has 2 nitrogen and oxygen atoms in total. The van der Waals surface area contributed by atoms with E-state index >= 15 is 0 Å². The first-order chi connectivity index (χ1) is 7.55. The van der Waals surface area contributed by atoms with E-state index in [4.69, 9.17) is 0 Å². The second-order valence-electron chi connectivity index (χ2n) is 5.16. The number of hydrogen-bond donors (Lipinski definition) is 0. The zero-order chi connectivity index (χ0) is 12.2. The molecule has 0 aromatic carbocycles. The predicted octanol–water partition coefficient (Wildman–Crippen LogP) is 3.01. The lowest BCUT2D eigenvalue weighted by Gasteiger charge is -2.26. The van der Waals surface area contributed by atoms with Crippen molar-refractivity contribution in [3.63, 3.8) is 0 Å². The molecule has 90 valence electrons. The minimum atomic E-state index is -0.238. The quantitative estimate of drug-likeness (QED) is 0.631. The van der Waals surface area contributed by atoms with Gasteiger partial charge in [-0.1, -0.05) is 26.0 Å². The number of carbonyl (C=O) groups is 1. The zero-order valence-electron chi connectivity index (χ0n) is 10.5. The van der Waals surface area contributed by atoms with Gasteiger partial charge in [0.1, 0.15) is 0 Å². The Morgan fingerprint density at radius 1 is 1.38 bits per heavy atom. The van der Waals surface area contributed by atoms with Crippen LogP contribution in [0.2, 0.25) is 0 Å². The van der Waals surface area contributed by atoms with Crippen molar-refractivity contribution in [2.45, 2.75) is 33.1 Å². The van der Waals surface area contributed by atoms with Crippen molar-refractivity contribution in [1.29, 1.82) is 0 Å². The summed E-state index contributed by atoms with van der Waals surface area (Å²) in [5, 5.41) is 0. The topological polar surface area (TPSA) is 20.3 Å². The van der Waals surface area contributed by atoms with Crippen LogP contribution in [-0.2, 0) is 4.79 Å². The SMILES string of the molecule is C=CCC1(CC=C)CCN(CC(C)C)C1=O. The maximum Gasteiger partial charge on any atom is 0.229 e. The molecule has 0 radical (unpaired) electrons. The molecule has 1 fully saturated rings. The minimum Gasteiger partial charge on any atom is -0.342 e. The lowest BCUT2D eigenvalue weighted by molar-refractivity contribution is -0.136. The summed E-state index contributed by atoms with van der Waals surface area (Å²) in [5.41, 5.74) is -0.238. The van der Waals surface area contributed by atoms with Crippen LogP contribution in [0, 0.1) is 11.3 Å². The molecule has 2 heteroatoms. The summed E-state index contributed by atoms with van der Waals surface area (Å²) in [6.07, 6.45) is 6.20. The van der Waals surface area contributed by atoms with Crippen molar-refractivity contribution >= 4 is 5.91 Å². The van der Waals surface area contributed by atoms with Gasteiger partial charge in [0, 0.05) is 13.1 Å². The third-order valence-corrected chi connectivity index (χ3v) is 3.26. The number of carbonyl (C=O) groups excluding carboxylic acids is 1. The van der Waals surface area contributed by atoms with Crippen molar-refractivity contribution in [3.05, 3.63) is 25.3 Å². The molecule has 1 rings (SSSR count). The Kier molecular flexibility index (Phi) is 4.34. The summed E-state index contributed by atoms with van der Waals surface area (Å²) >= 11 is 0.